The van der Waals surface area contributed by atoms with Crippen LogP contribution in [0.15, 0.2) is 35.1 Å². The van der Waals surface area contributed by atoms with Crippen molar-refractivity contribution >= 4 is 29.3 Å². The van der Waals surface area contributed by atoms with Crippen LogP contribution in [0.4, 0.5) is 5.95 Å². The minimum Gasteiger partial charge on any atom is -0.481 e. The van der Waals surface area contributed by atoms with E-state index < -0.39 is 12.0 Å². The van der Waals surface area contributed by atoms with Crippen LogP contribution in [0.3, 0.4) is 0 Å². The Labute approximate surface area is 141 Å². The molecule has 0 saturated carbocycles. The monoisotopic (exact) mass is 347 g/mol. The van der Waals surface area contributed by atoms with E-state index in [-0.39, 0.29) is 23.7 Å². The molecule has 0 aliphatic carbocycles. The average Bonchev–Trinajstić information content (AvgIpc) is 2.89. The molecule has 1 aromatic carbocycles. The van der Waals surface area contributed by atoms with Gasteiger partial charge in [0.25, 0.3) is 11.3 Å². The molecule has 0 bridgehead atoms. The Morgan fingerprint density at radius 1 is 1.42 bits per heavy atom. The zero-order valence-electron chi connectivity index (χ0n) is 12.7. The highest BCUT2D eigenvalue weighted by Gasteiger charge is 2.18. The summed E-state index contributed by atoms with van der Waals surface area (Å²) >= 11 is 5.98. The molecule has 3 N–H and O–H groups in total. The summed E-state index contributed by atoms with van der Waals surface area (Å²) in [4.78, 5) is 31.4. The third-order valence-corrected chi connectivity index (χ3v) is 3.63. The SMILES string of the molecule is Cc1cc(=O)n2[nH]c(NC(CC(=O)O)c3cccc(Cl)c3)nc2n1. The van der Waals surface area contributed by atoms with E-state index in [0.717, 1.165) is 0 Å². The van der Waals surface area contributed by atoms with Crippen LogP contribution in [0.25, 0.3) is 5.78 Å². The number of aromatic nitrogens is 4. The summed E-state index contributed by atoms with van der Waals surface area (Å²) in [6, 6.07) is 7.70. The van der Waals surface area contributed by atoms with Gasteiger partial charge in [-0.1, -0.05) is 23.7 Å². The highest BCUT2D eigenvalue weighted by atomic mass is 35.5. The standard InChI is InChI=1S/C15H14ClN5O3/c1-8-5-12(22)21-15(17-8)19-14(20-21)18-11(7-13(23)24)9-3-2-4-10(16)6-9/h2-6,11H,7H2,1H3,(H,23,24)(H2,17,18,19,20). The smallest absolute Gasteiger partial charge is 0.305 e. The van der Waals surface area contributed by atoms with Crippen molar-refractivity contribution in [2.24, 2.45) is 0 Å². The lowest BCUT2D eigenvalue weighted by atomic mass is 10.0. The van der Waals surface area contributed by atoms with Gasteiger partial charge in [-0.3, -0.25) is 14.7 Å². The van der Waals surface area contributed by atoms with Gasteiger partial charge in [-0.2, -0.15) is 9.50 Å². The first-order chi connectivity index (χ1) is 11.4. The maximum absolute atomic E-state index is 11.9. The maximum atomic E-state index is 11.9. The predicted molar refractivity (Wildman–Crippen MR) is 88.4 cm³/mol. The quantitative estimate of drug-likeness (QED) is 0.650. The number of nitrogens with zero attached hydrogens (tertiary/aromatic N) is 3. The van der Waals surface area contributed by atoms with Gasteiger partial charge in [-0.25, -0.2) is 4.98 Å². The van der Waals surface area contributed by atoms with Crippen LogP contribution in [0.5, 0.6) is 0 Å². The number of anilines is 1. The largest absolute Gasteiger partial charge is 0.481 e. The summed E-state index contributed by atoms with van der Waals surface area (Å²) in [6.07, 6.45) is -0.182. The van der Waals surface area contributed by atoms with E-state index in [1.807, 2.05) is 0 Å². The highest BCUT2D eigenvalue weighted by molar-refractivity contribution is 6.30. The van der Waals surface area contributed by atoms with Gasteiger partial charge < -0.3 is 10.4 Å². The molecule has 124 valence electrons. The molecule has 2 heterocycles. The fraction of sp³-hybridized carbons (Fsp3) is 0.200. The van der Waals surface area contributed by atoms with Gasteiger partial charge in [-0.15, -0.1) is 0 Å². The molecule has 0 saturated heterocycles. The van der Waals surface area contributed by atoms with Crippen LogP contribution in [0.2, 0.25) is 5.02 Å². The molecule has 2 aromatic heterocycles. The van der Waals surface area contributed by atoms with Crippen molar-refractivity contribution in [3.05, 3.63) is 57.0 Å². The van der Waals surface area contributed by atoms with Crippen LogP contribution in [-0.2, 0) is 4.79 Å². The Morgan fingerprint density at radius 2 is 2.21 bits per heavy atom. The minimum absolute atomic E-state index is 0.182. The third kappa shape index (κ3) is 3.38. The second-order valence-electron chi connectivity index (χ2n) is 5.29. The van der Waals surface area contributed by atoms with Crippen molar-refractivity contribution in [3.8, 4) is 0 Å². The molecule has 0 radical (unpaired) electrons. The second-order valence-corrected chi connectivity index (χ2v) is 5.73. The number of benzene rings is 1. The van der Waals surface area contributed by atoms with Crippen molar-refractivity contribution in [2.75, 3.05) is 5.32 Å². The molecule has 9 heteroatoms. The number of H-pyrrole nitrogens is 1. The Bertz CT molecular complexity index is 965. The Morgan fingerprint density at radius 3 is 2.92 bits per heavy atom. The fourth-order valence-corrected chi connectivity index (χ4v) is 2.57. The van der Waals surface area contributed by atoms with Gasteiger partial charge in [0.2, 0.25) is 5.95 Å². The first-order valence-corrected chi connectivity index (χ1v) is 7.50. The van der Waals surface area contributed by atoms with Crippen LogP contribution in [-0.4, -0.2) is 30.7 Å². The van der Waals surface area contributed by atoms with E-state index in [1.165, 1.54) is 10.6 Å². The average molecular weight is 348 g/mol. The molecule has 0 amide bonds. The van der Waals surface area contributed by atoms with Gasteiger partial charge in [0.05, 0.1) is 12.5 Å². The number of hydrogen-bond acceptors (Lipinski definition) is 5. The van der Waals surface area contributed by atoms with Crippen LogP contribution >= 0.6 is 11.6 Å². The molecular formula is C15H14ClN5O3. The number of carboxylic acid groups (broad SMARTS) is 1. The fourth-order valence-electron chi connectivity index (χ4n) is 2.37. The zero-order chi connectivity index (χ0) is 17.3. The lowest BCUT2D eigenvalue weighted by molar-refractivity contribution is -0.137. The van der Waals surface area contributed by atoms with Crippen molar-refractivity contribution in [1.29, 1.82) is 0 Å². The molecule has 1 atom stereocenters. The van der Waals surface area contributed by atoms with Crippen molar-refractivity contribution in [2.45, 2.75) is 19.4 Å². The first-order valence-electron chi connectivity index (χ1n) is 7.12. The lowest BCUT2D eigenvalue weighted by Gasteiger charge is -2.16. The molecule has 3 aromatic rings. The van der Waals surface area contributed by atoms with Gasteiger partial charge in [-0.05, 0) is 24.6 Å². The summed E-state index contributed by atoms with van der Waals surface area (Å²) in [5, 5.41) is 15.4. The van der Waals surface area contributed by atoms with Gasteiger partial charge in [0, 0.05) is 16.8 Å². The molecule has 8 nitrogen and oxygen atoms in total. The van der Waals surface area contributed by atoms with E-state index in [9.17, 15) is 9.59 Å². The molecule has 1 unspecified atom stereocenters. The number of rotatable bonds is 5. The molecular weight excluding hydrogens is 334 g/mol. The number of aliphatic carboxylic acids is 1. The molecule has 0 spiro atoms. The number of nitrogens with one attached hydrogen (secondary N) is 2. The van der Waals surface area contributed by atoms with Crippen LogP contribution in [0.1, 0.15) is 23.7 Å². The number of carboxylic acids is 1. The zero-order valence-corrected chi connectivity index (χ0v) is 13.4. The van der Waals surface area contributed by atoms with Crippen LogP contribution in [0, 0.1) is 6.92 Å². The van der Waals surface area contributed by atoms with E-state index in [4.69, 9.17) is 16.7 Å². The van der Waals surface area contributed by atoms with Crippen LogP contribution < -0.4 is 10.9 Å². The molecule has 0 aliphatic rings. The Balaban J connectivity index is 1.97. The Hall–Kier alpha value is -2.87. The number of carbonyl (C=O) groups is 1. The summed E-state index contributed by atoms with van der Waals surface area (Å²) in [6.45, 7) is 1.70. The summed E-state index contributed by atoms with van der Waals surface area (Å²) in [7, 11) is 0. The number of aryl methyl sites for hydroxylation is 1. The molecule has 0 fully saturated rings. The van der Waals surface area contributed by atoms with E-state index in [0.29, 0.717) is 16.3 Å². The topological polar surface area (TPSA) is 112 Å². The van der Waals surface area contributed by atoms with Crippen molar-refractivity contribution in [3.63, 3.8) is 0 Å². The number of halogens is 1. The number of aromatic amines is 1. The highest BCUT2D eigenvalue weighted by Crippen LogP contribution is 2.23. The summed E-state index contributed by atoms with van der Waals surface area (Å²) in [5.74, 6) is -0.520. The van der Waals surface area contributed by atoms with Crippen molar-refractivity contribution < 1.29 is 9.90 Å². The van der Waals surface area contributed by atoms with Gasteiger partial charge in [0.15, 0.2) is 0 Å². The summed E-state index contributed by atoms with van der Waals surface area (Å²) < 4.78 is 1.19. The van der Waals surface area contributed by atoms with Crippen molar-refractivity contribution in [1.82, 2.24) is 19.6 Å². The second kappa shape index (κ2) is 6.32. The first kappa shape index (κ1) is 16.0. The van der Waals surface area contributed by atoms with Gasteiger partial charge in [0.1, 0.15) is 0 Å². The van der Waals surface area contributed by atoms with E-state index in [1.54, 1.807) is 31.2 Å². The maximum Gasteiger partial charge on any atom is 0.305 e. The molecule has 24 heavy (non-hydrogen) atoms. The van der Waals surface area contributed by atoms with E-state index >= 15 is 0 Å². The number of hydrogen-bond donors (Lipinski definition) is 3. The molecule has 0 aliphatic heterocycles. The Kier molecular flexibility index (Phi) is 4.22. The predicted octanol–water partition coefficient (Wildman–Crippen LogP) is 2.01. The lowest BCUT2D eigenvalue weighted by Crippen LogP contribution is -2.17. The number of fused-ring (bicyclic) bond motifs is 1. The minimum atomic E-state index is -0.977. The van der Waals surface area contributed by atoms with Gasteiger partial charge >= 0.3 is 5.97 Å². The normalized spacial score (nSPS) is 12.2. The van der Waals surface area contributed by atoms with E-state index in [2.05, 4.69) is 20.4 Å². The molecule has 3 rings (SSSR count). The summed E-state index contributed by atoms with van der Waals surface area (Å²) in [5.41, 5.74) is 0.951. The third-order valence-electron chi connectivity index (χ3n) is 3.40.